The third-order valence-corrected chi connectivity index (χ3v) is 6.69. The van der Waals surface area contributed by atoms with Crippen molar-refractivity contribution >= 4 is 5.78 Å². The van der Waals surface area contributed by atoms with Crippen molar-refractivity contribution in [1.29, 1.82) is 5.26 Å². The number of benzene rings is 3. The average molecular weight is 479 g/mol. The highest BCUT2D eigenvalue weighted by molar-refractivity contribution is 6.00. The summed E-state index contributed by atoms with van der Waals surface area (Å²) in [5.74, 6) is 0.979. The molecule has 0 bridgehead atoms. The van der Waals surface area contributed by atoms with Crippen LogP contribution in [-0.2, 0) is 16.1 Å². The second-order valence-electron chi connectivity index (χ2n) is 8.89. The zero-order valence-electron chi connectivity index (χ0n) is 19.9. The molecule has 1 aliphatic heterocycles. The standard InChI is InChI=1S/C30H26N2O4/c1-34-26-15-21(12-13-25(26)35-18-19-8-4-2-5-9-19)28-23(17-31)30(32)36-27-16-22(14-24(33)29(27)28)20-10-6-3-7-11-20/h2-13,15,22,28H,14,16,18,32H2,1H3/t22-,28+/m0/s1. The second-order valence-corrected chi connectivity index (χ2v) is 8.89. The predicted octanol–water partition coefficient (Wildman–Crippen LogP) is 5.48. The van der Waals surface area contributed by atoms with E-state index in [1.165, 1.54) is 0 Å². The summed E-state index contributed by atoms with van der Waals surface area (Å²) in [7, 11) is 1.56. The van der Waals surface area contributed by atoms with Crippen LogP contribution in [0.1, 0.15) is 41.4 Å². The highest BCUT2D eigenvalue weighted by atomic mass is 16.5. The van der Waals surface area contributed by atoms with Crippen molar-refractivity contribution in [2.24, 2.45) is 5.73 Å². The summed E-state index contributed by atoms with van der Waals surface area (Å²) in [4.78, 5) is 13.5. The van der Waals surface area contributed by atoms with Gasteiger partial charge in [0.1, 0.15) is 24.0 Å². The summed E-state index contributed by atoms with van der Waals surface area (Å²) < 4.78 is 17.5. The molecule has 180 valence electrons. The van der Waals surface area contributed by atoms with Crippen molar-refractivity contribution in [2.75, 3.05) is 7.11 Å². The Morgan fingerprint density at radius 1 is 0.972 bits per heavy atom. The van der Waals surface area contributed by atoms with E-state index < -0.39 is 5.92 Å². The summed E-state index contributed by atoms with van der Waals surface area (Å²) in [6.45, 7) is 0.388. The number of methoxy groups -OCH3 is 1. The van der Waals surface area contributed by atoms with Crippen molar-refractivity contribution < 1.29 is 19.0 Å². The van der Waals surface area contributed by atoms with E-state index in [1.54, 1.807) is 13.2 Å². The van der Waals surface area contributed by atoms with Crippen LogP contribution in [0.5, 0.6) is 11.5 Å². The third kappa shape index (κ3) is 4.44. The summed E-state index contributed by atoms with van der Waals surface area (Å²) in [5.41, 5.74) is 9.75. The van der Waals surface area contributed by atoms with E-state index in [-0.39, 0.29) is 23.2 Å². The molecule has 36 heavy (non-hydrogen) atoms. The minimum absolute atomic E-state index is 0.00201. The maximum absolute atomic E-state index is 13.5. The molecule has 3 aromatic rings. The minimum atomic E-state index is -0.625. The molecule has 2 aliphatic rings. The normalized spacial score (nSPS) is 19.3. The van der Waals surface area contributed by atoms with Crippen molar-refractivity contribution in [3.63, 3.8) is 0 Å². The first-order chi connectivity index (χ1) is 17.6. The van der Waals surface area contributed by atoms with Gasteiger partial charge < -0.3 is 19.9 Å². The Labute approximate surface area is 210 Å². The van der Waals surface area contributed by atoms with Crippen molar-refractivity contribution in [3.05, 3.63) is 118 Å². The third-order valence-electron chi connectivity index (χ3n) is 6.69. The second kappa shape index (κ2) is 10.0. The largest absolute Gasteiger partial charge is 0.493 e. The van der Waals surface area contributed by atoms with E-state index in [9.17, 15) is 10.1 Å². The molecule has 0 radical (unpaired) electrons. The Morgan fingerprint density at radius 2 is 1.69 bits per heavy atom. The molecular formula is C30H26N2O4. The summed E-state index contributed by atoms with van der Waals surface area (Å²) >= 11 is 0. The maximum Gasteiger partial charge on any atom is 0.205 e. The number of ether oxygens (including phenoxy) is 3. The van der Waals surface area contributed by atoms with Crippen LogP contribution in [0.4, 0.5) is 0 Å². The molecule has 0 spiro atoms. The molecule has 6 heteroatoms. The van der Waals surface area contributed by atoms with Gasteiger partial charge in [-0.1, -0.05) is 66.7 Å². The summed E-state index contributed by atoms with van der Waals surface area (Å²) in [6.07, 6.45) is 0.882. The topological polar surface area (TPSA) is 94.6 Å². The van der Waals surface area contributed by atoms with Crippen LogP contribution in [0, 0.1) is 11.3 Å². The van der Waals surface area contributed by atoms with Gasteiger partial charge >= 0.3 is 0 Å². The van der Waals surface area contributed by atoms with Crippen LogP contribution < -0.4 is 15.2 Å². The van der Waals surface area contributed by atoms with E-state index in [0.29, 0.717) is 42.3 Å². The highest BCUT2D eigenvalue weighted by Gasteiger charge is 2.41. The van der Waals surface area contributed by atoms with E-state index in [2.05, 4.69) is 6.07 Å². The molecule has 5 rings (SSSR count). The Kier molecular flexibility index (Phi) is 6.46. The summed E-state index contributed by atoms with van der Waals surface area (Å²) in [6, 6.07) is 27.4. The fraction of sp³-hybridized carbons (Fsp3) is 0.200. The van der Waals surface area contributed by atoms with Crippen LogP contribution in [0.25, 0.3) is 0 Å². The van der Waals surface area contributed by atoms with Gasteiger partial charge in [-0.15, -0.1) is 0 Å². The van der Waals surface area contributed by atoms with E-state index in [1.807, 2.05) is 72.8 Å². The zero-order chi connectivity index (χ0) is 25.1. The molecule has 3 aromatic carbocycles. The lowest BCUT2D eigenvalue weighted by Gasteiger charge is -2.34. The molecule has 0 fully saturated rings. The van der Waals surface area contributed by atoms with Gasteiger partial charge in [0.15, 0.2) is 17.3 Å². The Hall–Kier alpha value is -4.50. The molecule has 0 saturated heterocycles. The molecule has 6 nitrogen and oxygen atoms in total. The SMILES string of the molecule is COc1cc([C@@H]2C(C#N)=C(N)OC3=C2C(=O)C[C@H](c2ccccc2)C3)ccc1OCc1ccccc1. The van der Waals surface area contributed by atoms with Crippen molar-refractivity contribution in [1.82, 2.24) is 0 Å². The number of carbonyl (C=O) groups is 1. The molecule has 1 aliphatic carbocycles. The number of carbonyl (C=O) groups excluding carboxylic acids is 1. The van der Waals surface area contributed by atoms with Crippen molar-refractivity contribution in [2.45, 2.75) is 31.3 Å². The number of hydrogen-bond acceptors (Lipinski definition) is 6. The number of ketones is 1. The number of nitriles is 1. The van der Waals surface area contributed by atoms with Gasteiger partial charge in [0.05, 0.1) is 13.0 Å². The number of nitrogens with zero attached hydrogens (tertiary/aromatic N) is 1. The zero-order valence-corrected chi connectivity index (χ0v) is 19.9. The Balaban J connectivity index is 1.49. The van der Waals surface area contributed by atoms with Gasteiger partial charge in [0.25, 0.3) is 0 Å². The monoisotopic (exact) mass is 478 g/mol. The van der Waals surface area contributed by atoms with Gasteiger partial charge in [0.2, 0.25) is 5.88 Å². The van der Waals surface area contributed by atoms with Crippen LogP contribution in [-0.4, -0.2) is 12.9 Å². The van der Waals surface area contributed by atoms with Crippen LogP contribution in [0.3, 0.4) is 0 Å². The first-order valence-electron chi connectivity index (χ1n) is 11.8. The molecule has 2 atom stereocenters. The number of rotatable bonds is 6. The van der Waals surface area contributed by atoms with Crippen LogP contribution in [0.2, 0.25) is 0 Å². The fourth-order valence-electron chi connectivity index (χ4n) is 4.92. The van der Waals surface area contributed by atoms with Gasteiger partial charge in [-0.2, -0.15) is 5.26 Å². The first kappa shape index (κ1) is 23.3. The predicted molar refractivity (Wildman–Crippen MR) is 135 cm³/mol. The van der Waals surface area contributed by atoms with Gasteiger partial charge in [-0.3, -0.25) is 4.79 Å². The number of nitrogens with two attached hydrogens (primary N) is 1. The number of allylic oxidation sites excluding steroid dienone is 3. The lowest BCUT2D eigenvalue weighted by molar-refractivity contribution is -0.117. The van der Waals surface area contributed by atoms with Crippen LogP contribution in [0.15, 0.2) is 102 Å². The molecule has 0 amide bonds. The highest BCUT2D eigenvalue weighted by Crippen LogP contribution is 2.47. The smallest absolute Gasteiger partial charge is 0.205 e. The molecule has 2 N–H and O–H groups in total. The molecule has 0 unspecified atom stereocenters. The molecule has 0 aromatic heterocycles. The van der Waals surface area contributed by atoms with E-state index >= 15 is 0 Å². The molecule has 1 heterocycles. The lowest BCUT2D eigenvalue weighted by atomic mass is 9.73. The maximum atomic E-state index is 13.5. The molecular weight excluding hydrogens is 452 g/mol. The Morgan fingerprint density at radius 3 is 2.39 bits per heavy atom. The van der Waals surface area contributed by atoms with Crippen LogP contribution >= 0.6 is 0 Å². The number of Topliss-reactive ketones (excluding diaryl/α,β-unsaturated/α-hetero) is 1. The lowest BCUT2D eigenvalue weighted by Crippen LogP contribution is -2.29. The molecule has 0 saturated carbocycles. The van der Waals surface area contributed by atoms with Gasteiger partial charge in [-0.05, 0) is 34.7 Å². The Bertz CT molecular complexity index is 1390. The van der Waals surface area contributed by atoms with E-state index in [4.69, 9.17) is 19.9 Å². The average Bonchev–Trinajstić information content (AvgIpc) is 2.92. The summed E-state index contributed by atoms with van der Waals surface area (Å²) in [5, 5.41) is 9.93. The number of hydrogen-bond donors (Lipinski definition) is 1. The fourth-order valence-corrected chi connectivity index (χ4v) is 4.92. The van der Waals surface area contributed by atoms with Crippen molar-refractivity contribution in [3.8, 4) is 17.6 Å². The minimum Gasteiger partial charge on any atom is -0.493 e. The van der Waals surface area contributed by atoms with Gasteiger partial charge in [0, 0.05) is 18.4 Å². The van der Waals surface area contributed by atoms with E-state index in [0.717, 1.165) is 16.7 Å². The van der Waals surface area contributed by atoms with Gasteiger partial charge in [-0.25, -0.2) is 0 Å². The quantitative estimate of drug-likeness (QED) is 0.504. The first-order valence-corrected chi connectivity index (χ1v) is 11.8.